The van der Waals surface area contributed by atoms with Crippen molar-refractivity contribution >= 4 is 27.9 Å². The van der Waals surface area contributed by atoms with E-state index in [9.17, 15) is 0 Å². The van der Waals surface area contributed by atoms with Gasteiger partial charge < -0.3 is 4.42 Å². The average molecular weight is 305 g/mol. The molecule has 5 nitrogen and oxygen atoms in total. The molecule has 23 heavy (non-hydrogen) atoms. The summed E-state index contributed by atoms with van der Waals surface area (Å²) in [6, 6.07) is 17.8. The number of fused-ring (bicyclic) bond motifs is 3. The van der Waals surface area contributed by atoms with E-state index in [2.05, 4.69) is 9.97 Å². The maximum absolute atomic E-state index is 5.91. The third-order valence-electron chi connectivity index (χ3n) is 3.71. The van der Waals surface area contributed by atoms with Gasteiger partial charge in [-0.15, -0.1) is 0 Å². The van der Waals surface area contributed by atoms with Gasteiger partial charge in [0.15, 0.2) is 11.4 Å². The second kappa shape index (κ2) is 5.70. The molecule has 0 unspecified atom stereocenters. The highest BCUT2D eigenvalue weighted by atomic mass is 16.7. The molecule has 0 N–H and O–H groups in total. The fraction of sp³-hybridized carbons (Fsp3) is 0.111. The number of anilines is 1. The molecule has 2 heterocycles. The first-order valence-electron chi connectivity index (χ1n) is 7.36. The smallest absolute Gasteiger partial charge is 0.199 e. The number of hydrogen-bond acceptors (Lipinski definition) is 5. The average Bonchev–Trinajstić information content (AvgIpc) is 2.99. The molecular formula is C18H15N3O2. The van der Waals surface area contributed by atoms with Crippen LogP contribution in [0.3, 0.4) is 0 Å². The fourth-order valence-corrected chi connectivity index (χ4v) is 2.54. The van der Waals surface area contributed by atoms with Gasteiger partial charge in [-0.05, 0) is 17.7 Å². The Labute approximate surface area is 133 Å². The number of aromatic nitrogens is 2. The summed E-state index contributed by atoms with van der Waals surface area (Å²) in [5.74, 6) is 0.613. The SMILES string of the molecule is CN(OCc1ccccc1)c1ncnc2c1oc1ccccc12. The van der Waals surface area contributed by atoms with Crippen LogP contribution in [0.1, 0.15) is 5.56 Å². The maximum atomic E-state index is 5.91. The lowest BCUT2D eigenvalue weighted by molar-refractivity contribution is 0.107. The van der Waals surface area contributed by atoms with Crippen LogP contribution in [0.15, 0.2) is 65.3 Å². The van der Waals surface area contributed by atoms with E-state index in [1.165, 1.54) is 6.33 Å². The lowest BCUT2D eigenvalue weighted by Gasteiger charge is -2.17. The maximum Gasteiger partial charge on any atom is 0.199 e. The summed E-state index contributed by atoms with van der Waals surface area (Å²) in [6.07, 6.45) is 1.53. The molecule has 0 aliphatic heterocycles. The topological polar surface area (TPSA) is 51.4 Å². The Morgan fingerprint density at radius 3 is 2.65 bits per heavy atom. The summed E-state index contributed by atoms with van der Waals surface area (Å²) in [4.78, 5) is 14.5. The van der Waals surface area contributed by atoms with Gasteiger partial charge >= 0.3 is 0 Å². The summed E-state index contributed by atoms with van der Waals surface area (Å²) in [5, 5.41) is 2.60. The molecule has 4 rings (SSSR count). The van der Waals surface area contributed by atoms with Crippen LogP contribution in [0.4, 0.5) is 5.82 Å². The Hall–Kier alpha value is -2.92. The standard InChI is InChI=1S/C18H15N3O2/c1-21(22-11-13-7-3-2-4-8-13)18-17-16(19-12-20-18)14-9-5-6-10-15(14)23-17/h2-10,12H,11H2,1H3. The number of para-hydroxylation sites is 1. The third kappa shape index (κ3) is 2.51. The van der Waals surface area contributed by atoms with Gasteiger partial charge in [-0.3, -0.25) is 4.84 Å². The first kappa shape index (κ1) is 13.7. The number of furan rings is 1. The van der Waals surface area contributed by atoms with Crippen molar-refractivity contribution in [1.29, 1.82) is 0 Å². The molecule has 4 aromatic rings. The van der Waals surface area contributed by atoms with Crippen molar-refractivity contribution in [2.45, 2.75) is 6.61 Å². The Bertz CT molecular complexity index is 950. The molecule has 0 atom stereocenters. The Morgan fingerprint density at radius 1 is 1.00 bits per heavy atom. The van der Waals surface area contributed by atoms with Crippen LogP contribution in [0, 0.1) is 0 Å². The molecular weight excluding hydrogens is 290 g/mol. The predicted molar refractivity (Wildman–Crippen MR) is 88.9 cm³/mol. The summed E-state index contributed by atoms with van der Waals surface area (Å²) in [6.45, 7) is 0.461. The van der Waals surface area contributed by atoms with E-state index in [0.717, 1.165) is 22.0 Å². The monoisotopic (exact) mass is 305 g/mol. The first-order chi connectivity index (χ1) is 11.3. The van der Waals surface area contributed by atoms with E-state index in [4.69, 9.17) is 9.25 Å². The van der Waals surface area contributed by atoms with E-state index < -0.39 is 0 Å². The highest BCUT2D eigenvalue weighted by Gasteiger charge is 2.16. The molecule has 114 valence electrons. The van der Waals surface area contributed by atoms with Gasteiger partial charge in [0.05, 0.1) is 6.61 Å². The largest absolute Gasteiger partial charge is 0.450 e. The predicted octanol–water partition coefficient (Wildman–Crippen LogP) is 3.94. The van der Waals surface area contributed by atoms with Crippen LogP contribution >= 0.6 is 0 Å². The Balaban J connectivity index is 1.68. The van der Waals surface area contributed by atoms with Crippen LogP contribution in [-0.2, 0) is 11.4 Å². The first-order valence-corrected chi connectivity index (χ1v) is 7.36. The zero-order chi connectivity index (χ0) is 15.6. The van der Waals surface area contributed by atoms with Crippen LogP contribution < -0.4 is 5.06 Å². The molecule has 0 saturated heterocycles. The normalized spacial score (nSPS) is 11.2. The van der Waals surface area contributed by atoms with E-state index in [-0.39, 0.29) is 0 Å². The Morgan fingerprint density at radius 2 is 1.78 bits per heavy atom. The minimum Gasteiger partial charge on any atom is -0.450 e. The number of nitrogens with zero attached hydrogens (tertiary/aromatic N) is 3. The van der Waals surface area contributed by atoms with Gasteiger partial charge in [0, 0.05) is 12.4 Å². The minimum absolute atomic E-state index is 0.461. The van der Waals surface area contributed by atoms with Crippen molar-refractivity contribution in [2.75, 3.05) is 12.1 Å². The number of hydrogen-bond donors (Lipinski definition) is 0. The van der Waals surface area contributed by atoms with E-state index >= 15 is 0 Å². The Kier molecular flexibility index (Phi) is 3.40. The minimum atomic E-state index is 0.461. The van der Waals surface area contributed by atoms with E-state index in [0.29, 0.717) is 18.0 Å². The van der Waals surface area contributed by atoms with Gasteiger partial charge in [0.1, 0.15) is 17.4 Å². The van der Waals surface area contributed by atoms with Crippen molar-refractivity contribution in [3.8, 4) is 0 Å². The van der Waals surface area contributed by atoms with Crippen molar-refractivity contribution in [2.24, 2.45) is 0 Å². The molecule has 0 aliphatic carbocycles. The molecule has 2 aromatic heterocycles. The molecule has 0 spiro atoms. The van der Waals surface area contributed by atoms with Gasteiger partial charge in [0.25, 0.3) is 0 Å². The van der Waals surface area contributed by atoms with Gasteiger partial charge in [0.2, 0.25) is 0 Å². The lowest BCUT2D eigenvalue weighted by atomic mass is 10.2. The lowest BCUT2D eigenvalue weighted by Crippen LogP contribution is -2.19. The molecule has 0 aliphatic rings. The van der Waals surface area contributed by atoms with Crippen LogP contribution in [-0.4, -0.2) is 17.0 Å². The number of benzene rings is 2. The van der Waals surface area contributed by atoms with Crippen LogP contribution in [0.25, 0.3) is 22.1 Å². The summed E-state index contributed by atoms with van der Waals surface area (Å²) >= 11 is 0. The molecule has 0 saturated carbocycles. The molecule has 5 heteroatoms. The van der Waals surface area contributed by atoms with E-state index in [1.807, 2.05) is 61.6 Å². The zero-order valence-electron chi connectivity index (χ0n) is 12.6. The van der Waals surface area contributed by atoms with Crippen molar-refractivity contribution < 1.29 is 9.25 Å². The third-order valence-corrected chi connectivity index (χ3v) is 3.71. The second-order valence-corrected chi connectivity index (χ2v) is 5.23. The summed E-state index contributed by atoms with van der Waals surface area (Å²) in [5.41, 5.74) is 3.31. The quantitative estimate of drug-likeness (QED) is 0.534. The van der Waals surface area contributed by atoms with Gasteiger partial charge in [-0.1, -0.05) is 42.5 Å². The highest BCUT2D eigenvalue weighted by molar-refractivity contribution is 6.05. The summed E-state index contributed by atoms with van der Waals surface area (Å²) < 4.78 is 5.91. The summed E-state index contributed by atoms with van der Waals surface area (Å²) in [7, 11) is 1.82. The molecule has 0 radical (unpaired) electrons. The molecule has 2 aromatic carbocycles. The van der Waals surface area contributed by atoms with E-state index in [1.54, 1.807) is 5.06 Å². The van der Waals surface area contributed by atoms with Crippen LogP contribution in [0.5, 0.6) is 0 Å². The number of hydroxylamine groups is 1. The van der Waals surface area contributed by atoms with Gasteiger partial charge in [-0.2, -0.15) is 0 Å². The van der Waals surface area contributed by atoms with Crippen molar-refractivity contribution in [1.82, 2.24) is 9.97 Å². The number of rotatable bonds is 4. The van der Waals surface area contributed by atoms with Crippen LogP contribution in [0.2, 0.25) is 0 Å². The fourth-order valence-electron chi connectivity index (χ4n) is 2.54. The van der Waals surface area contributed by atoms with Crippen molar-refractivity contribution in [3.05, 3.63) is 66.5 Å². The second-order valence-electron chi connectivity index (χ2n) is 5.23. The molecule has 0 bridgehead atoms. The van der Waals surface area contributed by atoms with Gasteiger partial charge in [-0.25, -0.2) is 15.0 Å². The molecule has 0 amide bonds. The van der Waals surface area contributed by atoms with Crippen molar-refractivity contribution in [3.63, 3.8) is 0 Å². The molecule has 0 fully saturated rings. The zero-order valence-corrected chi connectivity index (χ0v) is 12.6. The highest BCUT2D eigenvalue weighted by Crippen LogP contribution is 2.31.